The van der Waals surface area contributed by atoms with Gasteiger partial charge in [0.2, 0.25) is 0 Å². The van der Waals surface area contributed by atoms with Crippen molar-refractivity contribution in [2.75, 3.05) is 25.5 Å². The summed E-state index contributed by atoms with van der Waals surface area (Å²) in [4.78, 5) is 48.0. The largest absolute Gasteiger partial charge is 0.497 e. The van der Waals surface area contributed by atoms with Crippen molar-refractivity contribution in [3.05, 3.63) is 83.6 Å². The van der Waals surface area contributed by atoms with Crippen LogP contribution < -0.4 is 15.4 Å². The van der Waals surface area contributed by atoms with Crippen LogP contribution in [0.15, 0.2) is 60.9 Å². The van der Waals surface area contributed by atoms with Crippen LogP contribution in [0, 0.1) is 5.82 Å². The Kier molecular flexibility index (Phi) is 7.30. The van der Waals surface area contributed by atoms with Crippen LogP contribution in [0.5, 0.6) is 5.75 Å². The normalized spacial score (nSPS) is 13.7. The summed E-state index contributed by atoms with van der Waals surface area (Å²) >= 11 is 0. The van der Waals surface area contributed by atoms with Crippen LogP contribution in [0.2, 0.25) is 0 Å². The van der Waals surface area contributed by atoms with Gasteiger partial charge in [-0.15, -0.1) is 0 Å². The molecule has 3 aromatic rings. The molecular weight excluding hydrogens is 453 g/mol. The average molecular weight is 477 g/mol. The molecule has 10 heteroatoms. The van der Waals surface area contributed by atoms with Gasteiger partial charge in [0, 0.05) is 42.7 Å². The summed E-state index contributed by atoms with van der Waals surface area (Å²) in [5, 5.41) is 5.42. The van der Waals surface area contributed by atoms with Crippen molar-refractivity contribution in [3.63, 3.8) is 0 Å². The molecule has 0 unspecified atom stereocenters. The number of rotatable bonds is 6. The highest BCUT2D eigenvalue weighted by molar-refractivity contribution is 6.07. The minimum absolute atomic E-state index is 0.0219. The van der Waals surface area contributed by atoms with Crippen molar-refractivity contribution in [1.82, 2.24) is 20.2 Å². The van der Waals surface area contributed by atoms with E-state index in [2.05, 4.69) is 20.6 Å². The highest BCUT2D eigenvalue weighted by Crippen LogP contribution is 2.18. The molecule has 0 aliphatic carbocycles. The molecule has 1 aliphatic rings. The first-order valence-corrected chi connectivity index (χ1v) is 11.1. The van der Waals surface area contributed by atoms with Gasteiger partial charge in [0.15, 0.2) is 11.5 Å². The third kappa shape index (κ3) is 5.78. The Bertz CT molecular complexity index is 1230. The number of halogens is 1. The molecule has 0 atom stereocenters. The first-order chi connectivity index (χ1) is 16.9. The predicted molar refractivity (Wildman–Crippen MR) is 126 cm³/mol. The monoisotopic (exact) mass is 477 g/mol. The smallest absolute Gasteiger partial charge is 0.273 e. The van der Waals surface area contributed by atoms with E-state index in [9.17, 15) is 18.8 Å². The van der Waals surface area contributed by atoms with E-state index in [0.717, 1.165) is 6.07 Å². The zero-order valence-electron chi connectivity index (χ0n) is 19.0. The second-order valence-electron chi connectivity index (χ2n) is 7.99. The fourth-order valence-corrected chi connectivity index (χ4v) is 3.80. The summed E-state index contributed by atoms with van der Waals surface area (Å²) in [6.07, 6.45) is 3.84. The molecule has 1 aliphatic heterocycles. The van der Waals surface area contributed by atoms with E-state index in [1.807, 2.05) is 0 Å². The Morgan fingerprint density at radius 3 is 2.37 bits per heavy atom. The fourth-order valence-electron chi connectivity index (χ4n) is 3.80. The molecule has 0 radical (unpaired) electrons. The lowest BCUT2D eigenvalue weighted by Crippen LogP contribution is -2.46. The van der Waals surface area contributed by atoms with Gasteiger partial charge in [-0.3, -0.25) is 14.4 Å². The molecular formula is C25H24FN5O4. The van der Waals surface area contributed by atoms with Crippen LogP contribution in [0.1, 0.15) is 44.0 Å². The standard InChI is InChI=1S/C25H24FN5O4/c1-35-20-7-5-16(6-8-20)25(34)31-13-9-19(10-14-31)29-24(33)21-22(28-12-11-27-21)30-23(32)17-3-2-4-18(26)15-17/h2-8,11-12,15,19H,9-10,13-14H2,1H3,(H,29,33)(H,28,30,32). The summed E-state index contributed by atoms with van der Waals surface area (Å²) < 4.78 is 18.6. The van der Waals surface area contributed by atoms with E-state index in [4.69, 9.17) is 4.74 Å². The van der Waals surface area contributed by atoms with Gasteiger partial charge in [-0.05, 0) is 55.3 Å². The number of methoxy groups -OCH3 is 1. The number of likely N-dealkylation sites (tertiary alicyclic amines) is 1. The van der Waals surface area contributed by atoms with E-state index in [1.54, 1.807) is 36.3 Å². The van der Waals surface area contributed by atoms with Crippen LogP contribution in [0.3, 0.4) is 0 Å². The molecule has 1 aromatic heterocycles. The zero-order chi connectivity index (χ0) is 24.8. The fraction of sp³-hybridized carbons (Fsp3) is 0.240. The Morgan fingerprint density at radius 1 is 0.971 bits per heavy atom. The molecule has 3 amide bonds. The minimum atomic E-state index is -0.607. The summed E-state index contributed by atoms with van der Waals surface area (Å²) in [5.41, 5.74) is 0.622. The Morgan fingerprint density at radius 2 is 1.69 bits per heavy atom. The molecule has 1 saturated heterocycles. The van der Waals surface area contributed by atoms with Crippen LogP contribution in [-0.2, 0) is 0 Å². The van der Waals surface area contributed by atoms with E-state index in [1.165, 1.54) is 30.6 Å². The maximum atomic E-state index is 13.4. The number of piperidine rings is 1. The quantitative estimate of drug-likeness (QED) is 0.565. The van der Waals surface area contributed by atoms with Crippen LogP contribution >= 0.6 is 0 Å². The van der Waals surface area contributed by atoms with E-state index in [0.29, 0.717) is 37.2 Å². The maximum absolute atomic E-state index is 13.4. The summed E-state index contributed by atoms with van der Waals surface area (Å²) in [6, 6.07) is 12.0. The van der Waals surface area contributed by atoms with Crippen molar-refractivity contribution in [2.45, 2.75) is 18.9 Å². The maximum Gasteiger partial charge on any atom is 0.273 e. The molecule has 180 valence electrons. The molecule has 4 rings (SSSR count). The van der Waals surface area contributed by atoms with Crippen LogP contribution in [0.25, 0.3) is 0 Å². The summed E-state index contributed by atoms with van der Waals surface area (Å²) in [5.74, 6) is -1.07. The van der Waals surface area contributed by atoms with E-state index in [-0.39, 0.29) is 29.0 Å². The zero-order valence-corrected chi connectivity index (χ0v) is 19.0. The second-order valence-corrected chi connectivity index (χ2v) is 7.99. The number of nitrogens with zero attached hydrogens (tertiary/aromatic N) is 3. The third-order valence-electron chi connectivity index (χ3n) is 5.69. The highest BCUT2D eigenvalue weighted by Gasteiger charge is 2.26. The summed E-state index contributed by atoms with van der Waals surface area (Å²) in [7, 11) is 1.57. The molecule has 0 bridgehead atoms. The lowest BCUT2D eigenvalue weighted by Gasteiger charge is -2.32. The van der Waals surface area contributed by atoms with Gasteiger partial charge in [-0.2, -0.15) is 0 Å². The summed E-state index contributed by atoms with van der Waals surface area (Å²) in [6.45, 7) is 0.971. The van der Waals surface area contributed by atoms with Crippen LogP contribution in [0.4, 0.5) is 10.2 Å². The van der Waals surface area contributed by atoms with Crippen molar-refractivity contribution in [1.29, 1.82) is 0 Å². The van der Waals surface area contributed by atoms with Gasteiger partial charge < -0.3 is 20.3 Å². The number of benzene rings is 2. The second kappa shape index (κ2) is 10.7. The predicted octanol–water partition coefficient (Wildman–Crippen LogP) is 2.91. The Balaban J connectivity index is 1.35. The van der Waals surface area contributed by atoms with Crippen molar-refractivity contribution >= 4 is 23.5 Å². The number of hydrogen-bond donors (Lipinski definition) is 2. The first kappa shape index (κ1) is 23.8. The lowest BCUT2D eigenvalue weighted by molar-refractivity contribution is 0.0697. The van der Waals surface area contributed by atoms with E-state index < -0.39 is 17.6 Å². The average Bonchev–Trinajstić information content (AvgIpc) is 2.89. The molecule has 2 N–H and O–H groups in total. The minimum Gasteiger partial charge on any atom is -0.497 e. The van der Waals surface area contributed by atoms with Gasteiger partial charge in [0.05, 0.1) is 7.11 Å². The highest BCUT2D eigenvalue weighted by atomic mass is 19.1. The number of carbonyl (C=O) groups excluding carboxylic acids is 3. The number of amides is 3. The number of hydrogen-bond acceptors (Lipinski definition) is 6. The molecule has 0 saturated carbocycles. The Labute approximate surface area is 201 Å². The van der Waals surface area contributed by atoms with Gasteiger partial charge in [-0.1, -0.05) is 6.07 Å². The molecule has 1 fully saturated rings. The van der Waals surface area contributed by atoms with E-state index >= 15 is 0 Å². The molecule has 9 nitrogen and oxygen atoms in total. The number of nitrogens with one attached hydrogen (secondary N) is 2. The van der Waals surface area contributed by atoms with Gasteiger partial charge in [0.25, 0.3) is 17.7 Å². The SMILES string of the molecule is COc1ccc(C(=O)N2CCC(NC(=O)c3nccnc3NC(=O)c3cccc(F)c3)CC2)cc1. The first-order valence-electron chi connectivity index (χ1n) is 11.1. The van der Waals surface area contributed by atoms with Gasteiger partial charge >= 0.3 is 0 Å². The molecule has 2 aromatic carbocycles. The number of carbonyl (C=O) groups is 3. The molecule has 2 heterocycles. The van der Waals surface area contributed by atoms with Crippen molar-refractivity contribution in [2.24, 2.45) is 0 Å². The molecule has 0 spiro atoms. The topological polar surface area (TPSA) is 114 Å². The van der Waals surface area contributed by atoms with Crippen molar-refractivity contribution < 1.29 is 23.5 Å². The third-order valence-corrected chi connectivity index (χ3v) is 5.69. The number of ether oxygens (including phenoxy) is 1. The Hall–Kier alpha value is -4.34. The number of anilines is 1. The lowest BCUT2D eigenvalue weighted by atomic mass is 10.0. The molecule has 35 heavy (non-hydrogen) atoms. The van der Waals surface area contributed by atoms with Crippen molar-refractivity contribution in [3.8, 4) is 5.75 Å². The van der Waals surface area contributed by atoms with Gasteiger partial charge in [0.1, 0.15) is 11.6 Å². The van der Waals surface area contributed by atoms with Gasteiger partial charge in [-0.25, -0.2) is 14.4 Å². The number of aromatic nitrogens is 2. The van der Waals surface area contributed by atoms with Crippen LogP contribution in [-0.4, -0.2) is 58.8 Å².